The van der Waals surface area contributed by atoms with Gasteiger partial charge in [-0.1, -0.05) is 173 Å². The number of benzene rings is 5. The Labute approximate surface area is 389 Å². The molecule has 0 fully saturated rings. The van der Waals surface area contributed by atoms with Crippen molar-refractivity contribution in [3.8, 4) is 22.6 Å². The number of fused-ring (bicyclic) bond motifs is 2. The van der Waals surface area contributed by atoms with Crippen LogP contribution in [0, 0.1) is 0 Å². The summed E-state index contributed by atoms with van der Waals surface area (Å²) in [6.07, 6.45) is 12.0. The number of aromatic nitrogens is 1. The first-order valence-electron chi connectivity index (χ1n) is 24.5. The summed E-state index contributed by atoms with van der Waals surface area (Å²) in [5.41, 5.74) is 4.34. The van der Waals surface area contributed by atoms with Gasteiger partial charge in [0.05, 0.1) is 48.5 Å². The van der Waals surface area contributed by atoms with Gasteiger partial charge in [0.1, 0.15) is 5.75 Å². The lowest BCUT2D eigenvalue weighted by atomic mass is 9.80. The number of nitrogens with one attached hydrogen (secondary N) is 2. The van der Waals surface area contributed by atoms with Crippen LogP contribution in [0.15, 0.2) is 120 Å². The number of rotatable bonds is 20. The number of pyridine rings is 1. The van der Waals surface area contributed by atoms with Gasteiger partial charge < -0.3 is 19.5 Å². The first-order chi connectivity index (χ1) is 31.5. The normalized spacial score (nSPS) is 11.8. The molecule has 0 saturated carbocycles. The molecule has 0 spiro atoms. The molecule has 1 aliphatic rings. The molecule has 7 nitrogen and oxygen atoms in total. The summed E-state index contributed by atoms with van der Waals surface area (Å²) >= 11 is 0. The predicted molar refractivity (Wildman–Crippen MR) is 274 cm³/mol. The molecule has 0 unspecified atom stereocenters. The largest absolute Gasteiger partial charge is 0.455 e. The molecular formula is C58H74N3O4+. The Hall–Kier alpha value is -5.79. The summed E-state index contributed by atoms with van der Waals surface area (Å²) in [4.78, 5) is 45.3. The number of unbranched alkanes of at least 4 members (excludes halogenated alkanes) is 4. The molecule has 0 atom stereocenters. The van der Waals surface area contributed by atoms with Crippen LogP contribution >= 0.6 is 0 Å². The van der Waals surface area contributed by atoms with Gasteiger partial charge in [0.2, 0.25) is 0 Å². The maximum Gasteiger partial charge on any atom is 0.260 e. The molecule has 5 aromatic carbocycles. The zero-order valence-electron chi connectivity index (χ0n) is 40.7. The van der Waals surface area contributed by atoms with Gasteiger partial charge in [-0.05, 0) is 72.9 Å². The Morgan fingerprint density at radius 3 is 1.68 bits per heavy atom. The van der Waals surface area contributed by atoms with Crippen LogP contribution in [0.5, 0.6) is 11.5 Å². The van der Waals surface area contributed by atoms with Crippen LogP contribution in [0.3, 0.4) is 0 Å². The van der Waals surface area contributed by atoms with E-state index in [1.54, 1.807) is 48.5 Å². The van der Waals surface area contributed by atoms with E-state index in [4.69, 9.17) is 4.74 Å². The Morgan fingerprint density at radius 1 is 0.646 bits per heavy atom. The minimum atomic E-state index is -0.555. The molecule has 7 heteroatoms. The summed E-state index contributed by atoms with van der Waals surface area (Å²) < 4.78 is 7.93. The number of nitrogens with zero attached hydrogens (tertiary/aromatic N) is 1. The Kier molecular flexibility index (Phi) is 18.5. The molecule has 0 saturated heterocycles. The maximum absolute atomic E-state index is 14.3. The highest BCUT2D eigenvalue weighted by Gasteiger charge is 2.35. The van der Waals surface area contributed by atoms with Crippen molar-refractivity contribution in [2.45, 2.75) is 126 Å². The van der Waals surface area contributed by atoms with E-state index in [0.29, 0.717) is 55.9 Å². The van der Waals surface area contributed by atoms with Crippen molar-refractivity contribution in [3.63, 3.8) is 0 Å². The third kappa shape index (κ3) is 11.9. The predicted octanol–water partition coefficient (Wildman–Crippen LogP) is 15.2. The molecule has 344 valence electrons. The molecule has 0 bridgehead atoms. The summed E-state index contributed by atoms with van der Waals surface area (Å²) in [6.45, 7) is 25.6. The molecule has 65 heavy (non-hydrogen) atoms. The lowest BCUT2D eigenvalue weighted by Gasteiger charge is -2.39. The third-order valence-electron chi connectivity index (χ3n) is 12.9. The lowest BCUT2D eigenvalue weighted by Crippen LogP contribution is -2.50. The lowest BCUT2D eigenvalue weighted by molar-refractivity contribution is -0.929. The molecule has 7 rings (SSSR count). The highest BCUT2D eigenvalue weighted by atomic mass is 16.5. The summed E-state index contributed by atoms with van der Waals surface area (Å²) in [6, 6.07) is 35.0. The second-order valence-electron chi connectivity index (χ2n) is 17.8. The van der Waals surface area contributed by atoms with E-state index in [2.05, 4.69) is 58.8 Å². The van der Waals surface area contributed by atoms with E-state index in [-0.39, 0.29) is 16.8 Å². The summed E-state index contributed by atoms with van der Waals surface area (Å²) in [7, 11) is 0. The third-order valence-corrected chi connectivity index (χ3v) is 12.9. The highest BCUT2D eigenvalue weighted by molar-refractivity contribution is 6.31. The fraction of sp³-hybridized carbons (Fsp3) is 0.397. The molecule has 1 aliphatic carbocycles. The fourth-order valence-corrected chi connectivity index (χ4v) is 8.74. The number of ketones is 2. The van der Waals surface area contributed by atoms with Crippen LogP contribution in [0.2, 0.25) is 0 Å². The molecule has 6 aromatic rings. The van der Waals surface area contributed by atoms with Gasteiger partial charge in [-0.15, -0.1) is 0 Å². The zero-order valence-corrected chi connectivity index (χ0v) is 40.7. The smallest absolute Gasteiger partial charge is 0.260 e. The molecule has 1 aromatic heterocycles. The van der Waals surface area contributed by atoms with Crippen molar-refractivity contribution in [2.24, 2.45) is 0 Å². The van der Waals surface area contributed by atoms with Crippen LogP contribution in [-0.2, 0) is 5.41 Å². The Balaban J connectivity index is 0.000000355. The van der Waals surface area contributed by atoms with E-state index >= 15 is 0 Å². The van der Waals surface area contributed by atoms with Crippen molar-refractivity contribution < 1.29 is 18.8 Å². The standard InChI is InChI=1S/C40H32N2O4.C16H36N.C2H6/c1-4-40(2,3)25-19-21-27(22-20-25)46-31-23-30(41-26-15-9-6-10-16-26)33-34-32(28-17-11-12-18-29(28)38(33)44)35(39(45)42-36(31)34)37(43)24-13-7-5-8-14-24;1-5-9-13-17(14-10-6-2,15-11-7-3)16-12-8-4;1-2/h5-23,41H,4H2,1-3H3,(H,42,45);5-16H2,1-4H3;1-2H3/q;+1;. The van der Waals surface area contributed by atoms with Gasteiger partial charge in [0.15, 0.2) is 17.3 Å². The van der Waals surface area contributed by atoms with Crippen molar-refractivity contribution in [1.29, 1.82) is 0 Å². The van der Waals surface area contributed by atoms with E-state index in [1.807, 2.05) is 80.6 Å². The molecule has 1 heterocycles. The highest BCUT2D eigenvalue weighted by Crippen LogP contribution is 2.47. The van der Waals surface area contributed by atoms with Crippen LogP contribution in [0.25, 0.3) is 22.0 Å². The minimum Gasteiger partial charge on any atom is -0.455 e. The van der Waals surface area contributed by atoms with E-state index < -0.39 is 11.3 Å². The first kappa shape index (κ1) is 50.2. The van der Waals surface area contributed by atoms with Crippen molar-refractivity contribution in [3.05, 3.63) is 153 Å². The SMILES string of the molecule is CC.CCC(C)(C)c1ccc(Oc2cc(Nc3ccccc3)c3c4c(c(C(=O)c5ccccc5)c(=O)[nH]c24)-c2ccccc2C3=O)cc1.CCCC[N+](CCCC)(CCCC)CCCC. The topological polar surface area (TPSA) is 88.3 Å². The number of hydrogen-bond donors (Lipinski definition) is 2. The quantitative estimate of drug-likeness (QED) is 0.0588. The summed E-state index contributed by atoms with van der Waals surface area (Å²) in [5.74, 6) is 0.288. The first-order valence-corrected chi connectivity index (χ1v) is 24.5. The Bertz CT molecular complexity index is 2490. The average molecular weight is 877 g/mol. The molecule has 0 radical (unpaired) electrons. The maximum atomic E-state index is 14.3. The second-order valence-corrected chi connectivity index (χ2v) is 17.8. The number of H-pyrrole nitrogens is 1. The van der Waals surface area contributed by atoms with Gasteiger partial charge >= 0.3 is 0 Å². The minimum absolute atomic E-state index is 0.00618. The van der Waals surface area contributed by atoms with Crippen molar-refractivity contribution >= 4 is 33.8 Å². The van der Waals surface area contributed by atoms with Gasteiger partial charge in [0.25, 0.3) is 5.56 Å². The second kappa shape index (κ2) is 23.9. The molecule has 0 amide bonds. The fourth-order valence-electron chi connectivity index (χ4n) is 8.74. The number of carbonyl (C=O) groups is 2. The number of carbonyl (C=O) groups excluding carboxylic acids is 2. The van der Waals surface area contributed by atoms with Crippen molar-refractivity contribution in [1.82, 2.24) is 4.98 Å². The summed E-state index contributed by atoms with van der Waals surface area (Å²) in [5, 5.41) is 3.88. The number of hydrogen-bond acceptors (Lipinski definition) is 5. The number of ether oxygens (including phenoxy) is 1. The average Bonchev–Trinajstić information content (AvgIpc) is 3.34. The van der Waals surface area contributed by atoms with Gasteiger partial charge in [0, 0.05) is 33.8 Å². The van der Waals surface area contributed by atoms with E-state index in [1.165, 1.54) is 87.6 Å². The van der Waals surface area contributed by atoms with Gasteiger partial charge in [-0.3, -0.25) is 14.4 Å². The number of aromatic amines is 1. The van der Waals surface area contributed by atoms with Crippen LogP contribution in [0.1, 0.15) is 158 Å². The van der Waals surface area contributed by atoms with Crippen molar-refractivity contribution in [2.75, 3.05) is 31.5 Å². The van der Waals surface area contributed by atoms with Gasteiger partial charge in [-0.2, -0.15) is 0 Å². The zero-order chi connectivity index (χ0) is 47.0. The van der Waals surface area contributed by atoms with E-state index in [9.17, 15) is 14.4 Å². The van der Waals surface area contributed by atoms with Crippen LogP contribution < -0.4 is 15.6 Å². The number of quaternary nitrogens is 1. The molecular weight excluding hydrogens is 803 g/mol. The number of anilines is 2. The Morgan fingerprint density at radius 2 is 1.15 bits per heavy atom. The molecule has 0 aliphatic heterocycles. The van der Waals surface area contributed by atoms with Crippen LogP contribution in [0.4, 0.5) is 11.4 Å². The molecule has 2 N–H and O–H groups in total. The van der Waals surface area contributed by atoms with Crippen LogP contribution in [-0.4, -0.2) is 47.2 Å². The number of para-hydroxylation sites is 1. The monoisotopic (exact) mass is 877 g/mol. The van der Waals surface area contributed by atoms with E-state index in [0.717, 1.165) is 12.1 Å². The van der Waals surface area contributed by atoms with Gasteiger partial charge in [-0.25, -0.2) is 0 Å².